The van der Waals surface area contributed by atoms with E-state index in [0.29, 0.717) is 12.8 Å². The normalized spacial score (nSPS) is 15.5. The monoisotopic (exact) mass is 651 g/mol. The van der Waals surface area contributed by atoms with Crippen LogP contribution in [0.25, 0.3) is 0 Å². The van der Waals surface area contributed by atoms with Gasteiger partial charge in [0.25, 0.3) is 5.67 Å². The van der Waals surface area contributed by atoms with Crippen molar-refractivity contribution in [2.45, 2.75) is 75.1 Å². The molecule has 0 heterocycles. The number of carbonyl (C=O) groups is 3. The molecule has 43 heavy (non-hydrogen) atoms. The van der Waals surface area contributed by atoms with Gasteiger partial charge in [0.05, 0.1) is 18.9 Å². The van der Waals surface area contributed by atoms with Gasteiger partial charge in [-0.3, -0.25) is 10.1 Å². The van der Waals surface area contributed by atoms with E-state index in [2.05, 4.69) is 27.9 Å². The zero-order chi connectivity index (χ0) is 33.8. The summed E-state index contributed by atoms with van der Waals surface area (Å²) in [7, 11) is 0. The molecule has 19 heteroatoms. The lowest BCUT2D eigenvalue weighted by Gasteiger charge is -2.35. The number of carbonyl (C=O) groups excluding carboxylic acids is 3. The second-order valence-corrected chi connectivity index (χ2v) is 9.18. The SMILES string of the molecule is C=CC(=O)OCC(C)(COC(=O)C=C)NCOCCCCCCOC(=O)C(F)(OC(F)(F)C(C)(F)C(F)(F)F)C(F)(F)F. The molecule has 0 saturated carbocycles. The molecule has 0 spiro atoms. The van der Waals surface area contributed by atoms with Crippen LogP contribution in [0, 0.1) is 0 Å². The Hall–Kier alpha value is -2.93. The quantitative estimate of drug-likeness (QED) is 0.0486. The van der Waals surface area contributed by atoms with Crippen LogP contribution in [-0.2, 0) is 38.1 Å². The van der Waals surface area contributed by atoms with Gasteiger partial charge in [-0.2, -0.15) is 39.5 Å². The van der Waals surface area contributed by atoms with E-state index in [1.165, 1.54) is 0 Å². The van der Waals surface area contributed by atoms with E-state index in [9.17, 15) is 58.3 Å². The Labute approximate surface area is 239 Å². The number of nitrogens with one attached hydrogen (secondary N) is 1. The molecule has 2 atom stereocenters. The number of hydrogen-bond acceptors (Lipinski definition) is 9. The first-order chi connectivity index (χ1) is 19.5. The first-order valence-corrected chi connectivity index (χ1v) is 12.2. The van der Waals surface area contributed by atoms with Crippen LogP contribution in [0.2, 0.25) is 0 Å². The summed E-state index contributed by atoms with van der Waals surface area (Å²) < 4.78 is 153. The second kappa shape index (κ2) is 16.2. The first kappa shape index (κ1) is 40.1. The van der Waals surface area contributed by atoms with E-state index in [1.807, 2.05) is 0 Å². The van der Waals surface area contributed by atoms with Gasteiger partial charge in [-0.25, -0.2) is 18.8 Å². The molecule has 0 saturated heterocycles. The molecule has 1 N–H and O–H groups in total. The summed E-state index contributed by atoms with van der Waals surface area (Å²) in [4.78, 5) is 34.2. The fourth-order valence-corrected chi connectivity index (χ4v) is 2.59. The third-order valence-corrected chi connectivity index (χ3v) is 5.39. The van der Waals surface area contributed by atoms with Crippen molar-refractivity contribution in [3.63, 3.8) is 0 Å². The van der Waals surface area contributed by atoms with E-state index in [4.69, 9.17) is 14.2 Å². The Morgan fingerprint density at radius 1 is 0.698 bits per heavy atom. The maximum Gasteiger partial charge on any atom is 0.460 e. The molecular weight excluding hydrogens is 620 g/mol. The van der Waals surface area contributed by atoms with Crippen LogP contribution in [0.4, 0.5) is 43.9 Å². The molecule has 0 aromatic heterocycles. The molecule has 0 aromatic carbocycles. The van der Waals surface area contributed by atoms with Gasteiger partial charge in [0.15, 0.2) is 0 Å². The molecule has 0 aliphatic rings. The first-order valence-electron chi connectivity index (χ1n) is 12.2. The lowest BCUT2D eigenvalue weighted by Crippen LogP contribution is -2.62. The minimum atomic E-state index is -6.66. The second-order valence-electron chi connectivity index (χ2n) is 9.18. The molecule has 0 rings (SSSR count). The summed E-state index contributed by atoms with van der Waals surface area (Å²) in [5.41, 5.74) is -6.87. The molecule has 0 aliphatic carbocycles. The number of alkyl halides is 10. The van der Waals surface area contributed by atoms with E-state index < -0.39 is 67.0 Å². The van der Waals surface area contributed by atoms with Crippen molar-refractivity contribution in [1.82, 2.24) is 5.32 Å². The zero-order valence-corrected chi connectivity index (χ0v) is 23.0. The molecule has 0 fully saturated rings. The van der Waals surface area contributed by atoms with Crippen LogP contribution in [0.5, 0.6) is 0 Å². The number of ether oxygens (including phenoxy) is 5. The van der Waals surface area contributed by atoms with Gasteiger partial charge in [0.1, 0.15) is 13.2 Å². The Kier molecular flexibility index (Phi) is 15.1. The Morgan fingerprint density at radius 3 is 1.58 bits per heavy atom. The largest absolute Gasteiger partial charge is 0.461 e. The van der Waals surface area contributed by atoms with Crippen molar-refractivity contribution in [1.29, 1.82) is 0 Å². The molecule has 0 radical (unpaired) electrons. The predicted molar refractivity (Wildman–Crippen MR) is 126 cm³/mol. The topological polar surface area (TPSA) is 109 Å². The average molecular weight is 651 g/mol. The van der Waals surface area contributed by atoms with Gasteiger partial charge in [0.2, 0.25) is 0 Å². The highest BCUT2D eigenvalue weighted by Gasteiger charge is 2.76. The highest BCUT2D eigenvalue weighted by Crippen LogP contribution is 2.50. The Balaban J connectivity index is 4.71. The van der Waals surface area contributed by atoms with Gasteiger partial charge in [-0.1, -0.05) is 19.6 Å². The van der Waals surface area contributed by atoms with Crippen molar-refractivity contribution >= 4 is 17.9 Å². The number of esters is 3. The maximum atomic E-state index is 14.2. The summed E-state index contributed by atoms with van der Waals surface area (Å²) in [6.45, 7) is 5.65. The molecule has 2 unspecified atom stereocenters. The molecule has 0 aromatic rings. The standard InChI is InChI=1S/C24H31F10NO8/c1-5-16(36)41-13-19(3,14-42-17(37)6-2)35-15-39-11-9-7-8-10-12-40-18(38)21(26,23(30,31)32)43-24(33,34)20(4,25)22(27,28)29/h5-6,35H,1-2,7-15H2,3-4H3. The smallest absolute Gasteiger partial charge is 0.460 e. The number of unbranched alkanes of at least 4 members (excludes halogenated alkanes) is 3. The van der Waals surface area contributed by atoms with Crippen LogP contribution in [0.15, 0.2) is 25.3 Å². The fourth-order valence-electron chi connectivity index (χ4n) is 2.59. The van der Waals surface area contributed by atoms with Crippen molar-refractivity contribution in [3.8, 4) is 0 Å². The van der Waals surface area contributed by atoms with Crippen LogP contribution < -0.4 is 5.32 Å². The van der Waals surface area contributed by atoms with E-state index >= 15 is 0 Å². The summed E-state index contributed by atoms with van der Waals surface area (Å²) in [5, 5.41) is 2.86. The molecule has 0 aliphatic heterocycles. The number of rotatable bonds is 20. The van der Waals surface area contributed by atoms with Gasteiger partial charge in [-0.15, -0.1) is 0 Å². The Bertz CT molecular complexity index is 931. The highest BCUT2D eigenvalue weighted by molar-refractivity contribution is 5.81. The van der Waals surface area contributed by atoms with E-state index in [-0.39, 0.29) is 39.4 Å². The third kappa shape index (κ3) is 12.3. The average Bonchev–Trinajstić information content (AvgIpc) is 2.89. The highest BCUT2D eigenvalue weighted by atomic mass is 19.4. The molecule has 0 amide bonds. The summed E-state index contributed by atoms with van der Waals surface area (Å²) in [6.07, 6.45) is -17.3. The van der Waals surface area contributed by atoms with Crippen molar-refractivity contribution in [2.24, 2.45) is 0 Å². The van der Waals surface area contributed by atoms with Crippen LogP contribution in [0.3, 0.4) is 0 Å². The van der Waals surface area contributed by atoms with E-state index in [1.54, 1.807) is 6.92 Å². The number of halogens is 10. The molecule has 250 valence electrons. The predicted octanol–water partition coefficient (Wildman–Crippen LogP) is 5.00. The van der Waals surface area contributed by atoms with Crippen molar-refractivity contribution in [3.05, 3.63) is 25.3 Å². The Morgan fingerprint density at radius 2 is 1.16 bits per heavy atom. The minimum absolute atomic E-state index is 0.0908. The summed E-state index contributed by atoms with van der Waals surface area (Å²) in [5.74, 6) is -10.7. The van der Waals surface area contributed by atoms with Crippen molar-refractivity contribution in [2.75, 3.05) is 33.2 Å². The molecule has 9 nitrogen and oxygen atoms in total. The van der Waals surface area contributed by atoms with Crippen LogP contribution in [0.1, 0.15) is 39.5 Å². The lowest BCUT2D eigenvalue weighted by atomic mass is 10.1. The third-order valence-electron chi connectivity index (χ3n) is 5.39. The van der Waals surface area contributed by atoms with Gasteiger partial charge < -0.3 is 18.9 Å². The molecular formula is C24H31F10NO8. The fraction of sp³-hybridized carbons (Fsp3) is 0.708. The van der Waals surface area contributed by atoms with Crippen molar-refractivity contribution < 1.29 is 82.0 Å². The van der Waals surface area contributed by atoms with Crippen LogP contribution >= 0.6 is 0 Å². The zero-order valence-electron chi connectivity index (χ0n) is 23.0. The van der Waals surface area contributed by atoms with E-state index in [0.717, 1.165) is 12.2 Å². The minimum Gasteiger partial charge on any atom is -0.461 e. The van der Waals surface area contributed by atoms with Gasteiger partial charge in [0, 0.05) is 18.8 Å². The maximum absolute atomic E-state index is 14.2. The van der Waals surface area contributed by atoms with Gasteiger partial charge in [-0.05, 0) is 33.1 Å². The van der Waals surface area contributed by atoms with Gasteiger partial charge >= 0.3 is 42.2 Å². The molecule has 0 bridgehead atoms. The lowest BCUT2D eigenvalue weighted by molar-refractivity contribution is -0.448. The van der Waals surface area contributed by atoms with Crippen LogP contribution in [-0.4, -0.2) is 86.6 Å². The summed E-state index contributed by atoms with van der Waals surface area (Å²) >= 11 is 0. The summed E-state index contributed by atoms with van der Waals surface area (Å²) in [6, 6.07) is 0. The number of hydrogen-bond donors (Lipinski definition) is 1.